The predicted octanol–water partition coefficient (Wildman–Crippen LogP) is 7.03. The van der Waals surface area contributed by atoms with Crippen molar-refractivity contribution in [1.82, 2.24) is 10.2 Å². The third kappa shape index (κ3) is 4.05. The molecule has 0 saturated heterocycles. The van der Waals surface area contributed by atoms with Crippen LogP contribution >= 0.6 is 11.8 Å². The number of nitrogens with zero attached hydrogens (tertiary/aromatic N) is 2. The van der Waals surface area contributed by atoms with Crippen LogP contribution in [0.25, 0.3) is 11.5 Å². The smallest absolute Gasteiger partial charge is 0.276 e. The fourth-order valence-corrected chi connectivity index (χ4v) is 6.95. The van der Waals surface area contributed by atoms with Crippen LogP contribution in [-0.2, 0) is 0 Å². The van der Waals surface area contributed by atoms with Crippen LogP contribution in [0.2, 0.25) is 0 Å². The van der Waals surface area contributed by atoms with Crippen LogP contribution in [-0.4, -0.2) is 23.1 Å². The Labute approximate surface area is 184 Å². The van der Waals surface area contributed by atoms with Crippen LogP contribution in [0.15, 0.2) is 46.1 Å². The number of hydrogen-bond acceptors (Lipinski definition) is 5. The van der Waals surface area contributed by atoms with E-state index in [2.05, 4.69) is 37.5 Å². The summed E-state index contributed by atoms with van der Waals surface area (Å²) in [5.41, 5.74) is 3.19. The van der Waals surface area contributed by atoms with E-state index in [9.17, 15) is 0 Å². The lowest BCUT2D eigenvalue weighted by molar-refractivity contribution is -0.0524. The molecule has 162 valence electrons. The first-order valence-electron chi connectivity index (χ1n) is 11.1. The molecule has 0 aliphatic heterocycles. The molecule has 0 unspecified atom stereocenters. The zero-order chi connectivity index (χ0) is 21.4. The fourth-order valence-electron chi connectivity index (χ4n) is 6.19. The van der Waals surface area contributed by atoms with E-state index < -0.39 is 0 Å². The Morgan fingerprint density at radius 1 is 1.17 bits per heavy atom. The number of allylic oxidation sites excluding steroid dienone is 1. The Balaban J connectivity index is 1.40. The van der Waals surface area contributed by atoms with Gasteiger partial charge in [-0.15, -0.1) is 10.2 Å². The monoisotopic (exact) mass is 426 g/mol. The Kier molecular flexibility index (Phi) is 6.02. The number of benzene rings is 1. The normalized spacial score (nSPS) is 28.2. The van der Waals surface area contributed by atoms with Crippen molar-refractivity contribution in [2.75, 3.05) is 12.9 Å². The Morgan fingerprint density at radius 2 is 1.93 bits per heavy atom. The summed E-state index contributed by atoms with van der Waals surface area (Å²) < 4.78 is 11.1. The minimum Gasteiger partial charge on any atom is -0.497 e. The summed E-state index contributed by atoms with van der Waals surface area (Å²) in [6, 6.07) is 7.70. The second-order valence-corrected chi connectivity index (χ2v) is 10.9. The molecule has 0 spiro atoms. The molecule has 1 aromatic carbocycles. The number of thioether (sulfide) groups is 1. The van der Waals surface area contributed by atoms with Crippen molar-refractivity contribution in [3.05, 3.63) is 36.4 Å². The molecule has 0 radical (unpaired) electrons. The van der Waals surface area contributed by atoms with E-state index in [0.29, 0.717) is 27.9 Å². The molecule has 4 nitrogen and oxygen atoms in total. The zero-order valence-corrected chi connectivity index (χ0v) is 19.6. The number of fused-ring (bicyclic) bond motifs is 1. The molecular weight excluding hydrogens is 392 g/mol. The van der Waals surface area contributed by atoms with Crippen LogP contribution < -0.4 is 4.74 Å². The van der Waals surface area contributed by atoms with E-state index in [4.69, 9.17) is 9.15 Å². The molecule has 1 aromatic heterocycles. The molecule has 5 heteroatoms. The highest BCUT2D eigenvalue weighted by Gasteiger charge is 2.52. The lowest BCUT2D eigenvalue weighted by Gasteiger charge is -2.58. The number of aromatic nitrogens is 2. The van der Waals surface area contributed by atoms with Crippen LogP contribution in [0.5, 0.6) is 5.75 Å². The van der Waals surface area contributed by atoms with Crippen molar-refractivity contribution < 1.29 is 9.15 Å². The number of methoxy groups -OCH3 is 1. The second kappa shape index (κ2) is 8.41. The average Bonchev–Trinajstić information content (AvgIpc) is 3.18. The summed E-state index contributed by atoms with van der Waals surface area (Å²) in [7, 11) is 1.66. The molecule has 0 N–H and O–H groups in total. The molecule has 4 rings (SSSR count). The summed E-state index contributed by atoms with van der Waals surface area (Å²) in [5.74, 6) is 3.75. The second-order valence-electron chi connectivity index (χ2n) is 9.89. The maximum atomic E-state index is 5.90. The fraction of sp³-hybridized carbons (Fsp3) is 0.600. The molecule has 3 atom stereocenters. The van der Waals surface area contributed by atoms with Crippen LogP contribution in [0.4, 0.5) is 0 Å². The van der Waals surface area contributed by atoms with Gasteiger partial charge in [0.15, 0.2) is 0 Å². The summed E-state index contributed by atoms with van der Waals surface area (Å²) >= 11 is 1.67. The van der Waals surface area contributed by atoms with Crippen molar-refractivity contribution >= 4 is 11.8 Å². The molecule has 2 fully saturated rings. The topological polar surface area (TPSA) is 48.2 Å². The first kappa shape index (κ1) is 21.5. The van der Waals surface area contributed by atoms with E-state index in [1.54, 1.807) is 18.9 Å². The van der Waals surface area contributed by atoms with Gasteiger partial charge in [-0.3, -0.25) is 0 Å². The highest BCUT2D eigenvalue weighted by atomic mass is 32.2. The van der Waals surface area contributed by atoms with Crippen molar-refractivity contribution in [2.45, 2.75) is 64.5 Å². The molecule has 30 heavy (non-hydrogen) atoms. The van der Waals surface area contributed by atoms with Gasteiger partial charge in [0.1, 0.15) is 5.75 Å². The molecule has 0 bridgehead atoms. The lowest BCUT2D eigenvalue weighted by Crippen LogP contribution is -2.49. The highest BCUT2D eigenvalue weighted by Crippen LogP contribution is 2.61. The molecule has 2 saturated carbocycles. The maximum Gasteiger partial charge on any atom is 0.276 e. The van der Waals surface area contributed by atoms with Gasteiger partial charge in [0.25, 0.3) is 5.22 Å². The minimum atomic E-state index is 0.376. The summed E-state index contributed by atoms with van der Waals surface area (Å²) in [4.78, 5) is 0. The average molecular weight is 427 g/mol. The van der Waals surface area contributed by atoms with E-state index in [1.807, 2.05) is 24.3 Å². The van der Waals surface area contributed by atoms with Gasteiger partial charge in [0, 0.05) is 11.3 Å². The third-order valence-corrected chi connectivity index (χ3v) is 8.55. The van der Waals surface area contributed by atoms with Crippen molar-refractivity contribution in [1.29, 1.82) is 0 Å². The van der Waals surface area contributed by atoms with Crippen molar-refractivity contribution in [2.24, 2.45) is 22.7 Å². The Bertz CT molecular complexity index is 889. The van der Waals surface area contributed by atoms with Crippen molar-refractivity contribution in [3.63, 3.8) is 0 Å². The summed E-state index contributed by atoms with van der Waals surface area (Å²) in [6.45, 7) is 12.0. The molecule has 1 heterocycles. The quantitative estimate of drug-likeness (QED) is 0.367. The molecule has 2 aliphatic rings. The zero-order valence-electron chi connectivity index (χ0n) is 18.7. The first-order valence-corrected chi connectivity index (χ1v) is 12.1. The van der Waals surface area contributed by atoms with E-state index in [1.165, 1.54) is 37.7 Å². The predicted molar refractivity (Wildman–Crippen MR) is 123 cm³/mol. The molecular formula is C25H34N2O2S. The van der Waals surface area contributed by atoms with Gasteiger partial charge in [-0.25, -0.2) is 0 Å². The SMILES string of the molecule is C=C1CC[C@H]2C(C)(C)CCC[C@]2(C)[C@H]1CCSc1nnc(-c2ccc(OC)cc2)o1. The van der Waals surface area contributed by atoms with E-state index in [-0.39, 0.29) is 0 Å². The first-order chi connectivity index (χ1) is 14.3. The molecule has 2 aliphatic carbocycles. The van der Waals surface area contributed by atoms with Gasteiger partial charge in [-0.05, 0) is 79.0 Å². The lowest BCUT2D eigenvalue weighted by atomic mass is 9.47. The molecule has 0 amide bonds. The number of ether oxygens (including phenoxy) is 1. The maximum absolute atomic E-state index is 5.90. The highest BCUT2D eigenvalue weighted by molar-refractivity contribution is 7.99. The van der Waals surface area contributed by atoms with Crippen LogP contribution in [0, 0.1) is 22.7 Å². The third-order valence-electron chi connectivity index (χ3n) is 7.69. The van der Waals surface area contributed by atoms with E-state index in [0.717, 1.165) is 29.4 Å². The standard InChI is InChI=1S/C25H34N2O2S/c1-17-7-12-21-24(2,3)14-6-15-25(21,4)20(17)13-16-30-23-27-26-22(29-23)18-8-10-19(28-5)11-9-18/h8-11,20-21H,1,6-7,12-16H2,2-5H3/t20-,21-,25+/m0/s1. The Morgan fingerprint density at radius 3 is 2.67 bits per heavy atom. The van der Waals surface area contributed by atoms with E-state index >= 15 is 0 Å². The Hall–Kier alpha value is -1.75. The van der Waals surface area contributed by atoms with Crippen molar-refractivity contribution in [3.8, 4) is 17.2 Å². The van der Waals surface area contributed by atoms with Crippen LogP contribution in [0.3, 0.4) is 0 Å². The van der Waals surface area contributed by atoms with Gasteiger partial charge in [-0.2, -0.15) is 0 Å². The van der Waals surface area contributed by atoms with Gasteiger partial charge in [-0.1, -0.05) is 51.1 Å². The van der Waals surface area contributed by atoms with Gasteiger partial charge in [0.2, 0.25) is 5.89 Å². The summed E-state index contributed by atoms with van der Waals surface area (Å²) in [5, 5.41) is 9.12. The number of rotatable bonds is 6. The number of hydrogen-bond donors (Lipinski definition) is 0. The minimum absolute atomic E-state index is 0.376. The van der Waals surface area contributed by atoms with Gasteiger partial charge in [0.05, 0.1) is 7.11 Å². The van der Waals surface area contributed by atoms with Gasteiger partial charge < -0.3 is 9.15 Å². The molecule has 2 aromatic rings. The summed E-state index contributed by atoms with van der Waals surface area (Å²) in [6.07, 6.45) is 7.65. The van der Waals surface area contributed by atoms with Gasteiger partial charge >= 0.3 is 0 Å². The largest absolute Gasteiger partial charge is 0.497 e. The van der Waals surface area contributed by atoms with Crippen LogP contribution in [0.1, 0.15) is 59.3 Å².